The van der Waals surface area contributed by atoms with Crippen LogP contribution in [0.1, 0.15) is 41.8 Å². The smallest absolute Gasteiger partial charge is 0.226 e. The zero-order chi connectivity index (χ0) is 15.5. The molecule has 2 N–H and O–H groups in total. The fraction of sp³-hybridized carbons (Fsp3) is 0.600. The fourth-order valence-electron chi connectivity index (χ4n) is 2.88. The molecule has 2 aromatic rings. The summed E-state index contributed by atoms with van der Waals surface area (Å²) in [7, 11) is 0. The molecule has 7 nitrogen and oxygen atoms in total. The molecule has 22 heavy (non-hydrogen) atoms. The van der Waals surface area contributed by atoms with Crippen LogP contribution in [0.2, 0.25) is 0 Å². The second kappa shape index (κ2) is 6.29. The standard InChI is InChI=1S/C15H21N5O2/c1-9-17-12-6-5-11(8-13(12)18-9)15(21)16-7-3-4-14-19-10(2)20-22-14/h11H,3-8H2,1-2H3,(H,16,21)(H,17,18)/t11-/m0/s1. The summed E-state index contributed by atoms with van der Waals surface area (Å²) in [6, 6.07) is 0. The Morgan fingerprint density at radius 2 is 2.27 bits per heavy atom. The SMILES string of the molecule is Cc1noc(CCCNC(=O)[C@H]2CCc3nc(C)[nH]c3C2)n1. The van der Waals surface area contributed by atoms with E-state index in [1.54, 1.807) is 6.92 Å². The van der Waals surface area contributed by atoms with Gasteiger partial charge in [0.15, 0.2) is 5.82 Å². The molecule has 0 fully saturated rings. The van der Waals surface area contributed by atoms with E-state index in [0.717, 1.165) is 42.9 Å². The second-order valence-corrected chi connectivity index (χ2v) is 5.82. The number of nitrogens with zero attached hydrogens (tertiary/aromatic N) is 3. The van der Waals surface area contributed by atoms with Gasteiger partial charge in [-0.1, -0.05) is 5.16 Å². The molecule has 2 aromatic heterocycles. The number of aryl methyl sites for hydroxylation is 4. The lowest BCUT2D eigenvalue weighted by Crippen LogP contribution is -2.34. The van der Waals surface area contributed by atoms with Gasteiger partial charge in [-0.3, -0.25) is 4.79 Å². The highest BCUT2D eigenvalue weighted by molar-refractivity contribution is 5.79. The van der Waals surface area contributed by atoms with Gasteiger partial charge >= 0.3 is 0 Å². The minimum atomic E-state index is 0.0398. The summed E-state index contributed by atoms with van der Waals surface area (Å²) < 4.78 is 5.04. The maximum absolute atomic E-state index is 12.2. The quantitative estimate of drug-likeness (QED) is 0.811. The van der Waals surface area contributed by atoms with Gasteiger partial charge in [-0.15, -0.1) is 0 Å². The maximum atomic E-state index is 12.2. The van der Waals surface area contributed by atoms with Crippen LogP contribution >= 0.6 is 0 Å². The molecule has 0 unspecified atom stereocenters. The van der Waals surface area contributed by atoms with E-state index in [1.807, 2.05) is 6.92 Å². The Balaban J connectivity index is 1.43. The van der Waals surface area contributed by atoms with E-state index in [2.05, 4.69) is 25.4 Å². The van der Waals surface area contributed by atoms with Crippen LogP contribution in [0.25, 0.3) is 0 Å². The lowest BCUT2D eigenvalue weighted by Gasteiger charge is -2.20. The highest BCUT2D eigenvalue weighted by Gasteiger charge is 2.26. The number of rotatable bonds is 5. The van der Waals surface area contributed by atoms with Crippen molar-refractivity contribution in [2.24, 2.45) is 5.92 Å². The molecule has 0 aliphatic heterocycles. The highest BCUT2D eigenvalue weighted by Crippen LogP contribution is 2.23. The molecule has 7 heteroatoms. The fourth-order valence-corrected chi connectivity index (χ4v) is 2.88. The van der Waals surface area contributed by atoms with Gasteiger partial charge in [-0.25, -0.2) is 4.98 Å². The van der Waals surface area contributed by atoms with E-state index in [1.165, 1.54) is 0 Å². The van der Waals surface area contributed by atoms with Crippen molar-refractivity contribution in [1.82, 2.24) is 25.4 Å². The van der Waals surface area contributed by atoms with Crippen molar-refractivity contribution in [2.45, 2.75) is 46.0 Å². The van der Waals surface area contributed by atoms with Gasteiger partial charge < -0.3 is 14.8 Å². The van der Waals surface area contributed by atoms with Crippen LogP contribution in [0.5, 0.6) is 0 Å². The van der Waals surface area contributed by atoms with E-state index >= 15 is 0 Å². The number of H-pyrrole nitrogens is 1. The minimum absolute atomic E-state index is 0.0398. The van der Waals surface area contributed by atoms with E-state index in [-0.39, 0.29) is 11.8 Å². The number of hydrogen-bond acceptors (Lipinski definition) is 5. The van der Waals surface area contributed by atoms with Gasteiger partial charge in [0.05, 0.1) is 5.69 Å². The first kappa shape index (κ1) is 14.7. The van der Waals surface area contributed by atoms with E-state index in [9.17, 15) is 4.79 Å². The average molecular weight is 303 g/mol. The van der Waals surface area contributed by atoms with Crippen molar-refractivity contribution in [2.75, 3.05) is 6.54 Å². The van der Waals surface area contributed by atoms with Crippen molar-refractivity contribution in [1.29, 1.82) is 0 Å². The van der Waals surface area contributed by atoms with Crippen LogP contribution in [0.3, 0.4) is 0 Å². The maximum Gasteiger partial charge on any atom is 0.226 e. The third kappa shape index (κ3) is 3.35. The molecular weight excluding hydrogens is 282 g/mol. The number of fused-ring (bicyclic) bond motifs is 1. The summed E-state index contributed by atoms with van der Waals surface area (Å²) in [5.74, 6) is 2.37. The molecule has 1 amide bonds. The van der Waals surface area contributed by atoms with Crippen molar-refractivity contribution < 1.29 is 9.32 Å². The van der Waals surface area contributed by atoms with E-state index in [4.69, 9.17) is 4.52 Å². The molecule has 1 aliphatic rings. The number of carbonyl (C=O) groups is 1. The Kier molecular flexibility index (Phi) is 4.22. The summed E-state index contributed by atoms with van der Waals surface area (Å²) in [5, 5.41) is 6.75. The lowest BCUT2D eigenvalue weighted by molar-refractivity contribution is -0.125. The topological polar surface area (TPSA) is 96.7 Å². The summed E-state index contributed by atoms with van der Waals surface area (Å²) in [4.78, 5) is 24.1. The summed E-state index contributed by atoms with van der Waals surface area (Å²) in [6.45, 7) is 4.38. The first-order chi connectivity index (χ1) is 10.6. The van der Waals surface area contributed by atoms with Gasteiger partial charge in [0.25, 0.3) is 0 Å². The molecule has 0 aromatic carbocycles. The zero-order valence-corrected chi connectivity index (χ0v) is 13.0. The van der Waals surface area contributed by atoms with Gasteiger partial charge in [-0.05, 0) is 33.1 Å². The summed E-state index contributed by atoms with van der Waals surface area (Å²) in [6.07, 6.45) is 3.99. The predicted octanol–water partition coefficient (Wildman–Crippen LogP) is 1.26. The number of aromatic nitrogens is 4. The Hall–Kier alpha value is -2.18. The van der Waals surface area contributed by atoms with Gasteiger partial charge in [0.1, 0.15) is 5.82 Å². The van der Waals surface area contributed by atoms with Gasteiger partial charge in [0, 0.05) is 31.0 Å². The number of aromatic amines is 1. The molecule has 0 spiro atoms. The third-order valence-electron chi connectivity index (χ3n) is 3.97. The Morgan fingerprint density at radius 1 is 1.41 bits per heavy atom. The molecule has 2 heterocycles. The number of imidazole rings is 1. The van der Waals surface area contributed by atoms with Crippen LogP contribution in [0.4, 0.5) is 0 Å². The normalized spacial score (nSPS) is 17.3. The monoisotopic (exact) mass is 303 g/mol. The zero-order valence-electron chi connectivity index (χ0n) is 13.0. The van der Waals surface area contributed by atoms with Gasteiger partial charge in [0.2, 0.25) is 11.8 Å². The largest absolute Gasteiger partial charge is 0.356 e. The lowest BCUT2D eigenvalue weighted by atomic mass is 9.89. The predicted molar refractivity (Wildman–Crippen MR) is 79.2 cm³/mol. The minimum Gasteiger partial charge on any atom is -0.356 e. The molecule has 3 rings (SSSR count). The van der Waals surface area contributed by atoms with Crippen molar-refractivity contribution in [3.05, 3.63) is 28.9 Å². The van der Waals surface area contributed by atoms with Gasteiger partial charge in [-0.2, -0.15) is 4.98 Å². The Bertz CT molecular complexity index is 661. The molecular formula is C15H21N5O2. The van der Waals surface area contributed by atoms with Crippen LogP contribution in [-0.2, 0) is 24.1 Å². The Morgan fingerprint density at radius 3 is 3.05 bits per heavy atom. The van der Waals surface area contributed by atoms with Crippen molar-refractivity contribution in [3.8, 4) is 0 Å². The van der Waals surface area contributed by atoms with E-state index in [0.29, 0.717) is 24.7 Å². The number of hydrogen-bond donors (Lipinski definition) is 2. The number of nitrogens with one attached hydrogen (secondary N) is 2. The number of carbonyl (C=O) groups excluding carboxylic acids is 1. The summed E-state index contributed by atoms with van der Waals surface area (Å²) in [5.41, 5.74) is 2.23. The molecule has 0 radical (unpaired) electrons. The van der Waals surface area contributed by atoms with Crippen LogP contribution < -0.4 is 5.32 Å². The highest BCUT2D eigenvalue weighted by atomic mass is 16.5. The second-order valence-electron chi connectivity index (χ2n) is 5.82. The molecule has 0 saturated carbocycles. The van der Waals surface area contributed by atoms with Crippen LogP contribution in [-0.4, -0.2) is 32.6 Å². The average Bonchev–Trinajstić information content (AvgIpc) is 3.07. The first-order valence-corrected chi connectivity index (χ1v) is 7.73. The molecule has 0 bridgehead atoms. The molecule has 1 aliphatic carbocycles. The first-order valence-electron chi connectivity index (χ1n) is 7.73. The van der Waals surface area contributed by atoms with Crippen molar-refractivity contribution >= 4 is 5.91 Å². The van der Waals surface area contributed by atoms with E-state index < -0.39 is 0 Å². The Labute approximate surface area is 128 Å². The van der Waals surface area contributed by atoms with Crippen LogP contribution in [0, 0.1) is 19.8 Å². The molecule has 0 saturated heterocycles. The summed E-state index contributed by atoms with van der Waals surface area (Å²) >= 11 is 0. The third-order valence-corrected chi connectivity index (χ3v) is 3.97. The number of amides is 1. The van der Waals surface area contributed by atoms with Crippen molar-refractivity contribution in [3.63, 3.8) is 0 Å². The molecule has 118 valence electrons. The molecule has 1 atom stereocenters. The van der Waals surface area contributed by atoms with Crippen LogP contribution in [0.15, 0.2) is 4.52 Å².